The summed E-state index contributed by atoms with van der Waals surface area (Å²) in [5, 5.41) is 3.07. The van der Waals surface area contributed by atoms with Crippen LogP contribution in [0.5, 0.6) is 0 Å². The third-order valence-electron chi connectivity index (χ3n) is 1.65. The highest BCUT2D eigenvalue weighted by Gasteiger charge is 2.04. The van der Waals surface area contributed by atoms with E-state index in [1.165, 1.54) is 6.07 Å². The summed E-state index contributed by atoms with van der Waals surface area (Å²) in [7, 11) is 0. The standard InChI is InChI=1S/C10H14FN/c1-7(2)12-10-8(3)5-4-6-9(10)11/h4-7,12H,1-3H3. The van der Waals surface area contributed by atoms with Crippen molar-refractivity contribution >= 4 is 5.69 Å². The van der Waals surface area contributed by atoms with Gasteiger partial charge in [0.2, 0.25) is 0 Å². The molecule has 1 rings (SSSR count). The van der Waals surface area contributed by atoms with Crippen LogP contribution in [-0.2, 0) is 0 Å². The van der Waals surface area contributed by atoms with Crippen LogP contribution in [0.3, 0.4) is 0 Å². The first kappa shape index (κ1) is 9.04. The summed E-state index contributed by atoms with van der Waals surface area (Å²) >= 11 is 0. The summed E-state index contributed by atoms with van der Waals surface area (Å²) < 4.78 is 13.1. The minimum absolute atomic E-state index is 0.177. The van der Waals surface area contributed by atoms with Crippen LogP contribution in [0.2, 0.25) is 0 Å². The van der Waals surface area contributed by atoms with Crippen LogP contribution in [0.25, 0.3) is 0 Å². The van der Waals surface area contributed by atoms with Crippen LogP contribution >= 0.6 is 0 Å². The van der Waals surface area contributed by atoms with E-state index in [-0.39, 0.29) is 11.9 Å². The van der Waals surface area contributed by atoms with Gasteiger partial charge in [0.15, 0.2) is 0 Å². The van der Waals surface area contributed by atoms with E-state index in [0.29, 0.717) is 5.69 Å². The van der Waals surface area contributed by atoms with E-state index in [1.807, 2.05) is 26.8 Å². The van der Waals surface area contributed by atoms with Crippen LogP contribution in [0.15, 0.2) is 18.2 Å². The number of nitrogens with one attached hydrogen (secondary N) is 1. The molecule has 2 heteroatoms. The summed E-state index contributed by atoms with van der Waals surface area (Å²) in [6, 6.07) is 5.35. The maximum atomic E-state index is 13.1. The van der Waals surface area contributed by atoms with Crippen LogP contribution in [0.4, 0.5) is 10.1 Å². The van der Waals surface area contributed by atoms with Crippen molar-refractivity contribution in [2.45, 2.75) is 26.8 Å². The Morgan fingerprint density at radius 2 is 2.00 bits per heavy atom. The van der Waals surface area contributed by atoms with Gasteiger partial charge in [-0.05, 0) is 32.4 Å². The third-order valence-corrected chi connectivity index (χ3v) is 1.65. The molecular weight excluding hydrogens is 153 g/mol. The Morgan fingerprint density at radius 3 is 2.50 bits per heavy atom. The molecular formula is C10H14FN. The smallest absolute Gasteiger partial charge is 0.146 e. The lowest BCUT2D eigenvalue weighted by molar-refractivity contribution is 0.627. The van der Waals surface area contributed by atoms with Crippen molar-refractivity contribution in [3.05, 3.63) is 29.6 Å². The zero-order valence-electron chi connectivity index (χ0n) is 7.69. The van der Waals surface area contributed by atoms with Crippen LogP contribution in [0, 0.1) is 12.7 Å². The monoisotopic (exact) mass is 167 g/mol. The fraction of sp³-hybridized carbons (Fsp3) is 0.400. The van der Waals surface area contributed by atoms with Crippen LogP contribution < -0.4 is 5.32 Å². The fourth-order valence-corrected chi connectivity index (χ4v) is 1.10. The zero-order chi connectivity index (χ0) is 9.14. The normalized spacial score (nSPS) is 10.4. The average molecular weight is 167 g/mol. The van der Waals surface area contributed by atoms with E-state index >= 15 is 0 Å². The lowest BCUT2D eigenvalue weighted by Crippen LogP contribution is -2.12. The van der Waals surface area contributed by atoms with E-state index in [0.717, 1.165) is 5.56 Å². The number of para-hydroxylation sites is 1. The first-order chi connectivity index (χ1) is 5.61. The maximum Gasteiger partial charge on any atom is 0.146 e. The highest BCUT2D eigenvalue weighted by molar-refractivity contribution is 5.52. The van der Waals surface area contributed by atoms with Crippen molar-refractivity contribution < 1.29 is 4.39 Å². The molecule has 1 aromatic rings. The minimum Gasteiger partial charge on any atom is -0.380 e. The molecule has 0 radical (unpaired) electrons. The molecule has 0 amide bonds. The first-order valence-corrected chi connectivity index (χ1v) is 4.13. The van der Waals surface area contributed by atoms with Crippen molar-refractivity contribution in [1.29, 1.82) is 0 Å². The topological polar surface area (TPSA) is 12.0 Å². The predicted molar refractivity (Wildman–Crippen MR) is 49.9 cm³/mol. The van der Waals surface area contributed by atoms with Gasteiger partial charge in [-0.3, -0.25) is 0 Å². The molecule has 0 saturated carbocycles. The van der Waals surface area contributed by atoms with Gasteiger partial charge in [-0.2, -0.15) is 0 Å². The molecule has 0 aliphatic carbocycles. The maximum absolute atomic E-state index is 13.1. The van der Waals surface area contributed by atoms with E-state index in [4.69, 9.17) is 0 Å². The number of rotatable bonds is 2. The number of aryl methyl sites for hydroxylation is 1. The number of halogens is 1. The lowest BCUT2D eigenvalue weighted by Gasteiger charge is -2.13. The number of hydrogen-bond donors (Lipinski definition) is 1. The van der Waals surface area contributed by atoms with Gasteiger partial charge in [-0.25, -0.2) is 4.39 Å². The summed E-state index contributed by atoms with van der Waals surface area (Å²) in [4.78, 5) is 0. The number of hydrogen-bond acceptors (Lipinski definition) is 1. The Kier molecular flexibility index (Phi) is 2.69. The van der Waals surface area contributed by atoms with E-state index < -0.39 is 0 Å². The summed E-state index contributed by atoms with van der Waals surface area (Å²) in [6.45, 7) is 5.88. The van der Waals surface area contributed by atoms with Gasteiger partial charge in [-0.15, -0.1) is 0 Å². The van der Waals surface area contributed by atoms with Crippen molar-refractivity contribution in [2.24, 2.45) is 0 Å². The molecule has 0 bridgehead atoms. The van der Waals surface area contributed by atoms with E-state index in [2.05, 4.69) is 5.32 Å². The lowest BCUT2D eigenvalue weighted by atomic mass is 10.2. The van der Waals surface area contributed by atoms with Crippen molar-refractivity contribution in [3.8, 4) is 0 Å². The zero-order valence-corrected chi connectivity index (χ0v) is 7.69. The Balaban J connectivity index is 2.96. The second-order valence-electron chi connectivity index (χ2n) is 3.23. The fourth-order valence-electron chi connectivity index (χ4n) is 1.10. The molecule has 0 unspecified atom stereocenters. The summed E-state index contributed by atoms with van der Waals surface area (Å²) in [5.41, 5.74) is 1.57. The van der Waals surface area contributed by atoms with E-state index in [9.17, 15) is 4.39 Å². The quantitative estimate of drug-likeness (QED) is 0.714. The van der Waals surface area contributed by atoms with Crippen LogP contribution in [0.1, 0.15) is 19.4 Å². The molecule has 0 fully saturated rings. The molecule has 0 aliphatic heterocycles. The molecule has 0 aliphatic rings. The van der Waals surface area contributed by atoms with Gasteiger partial charge in [0.1, 0.15) is 5.82 Å². The Hall–Kier alpha value is -1.05. The van der Waals surface area contributed by atoms with Gasteiger partial charge in [0.05, 0.1) is 5.69 Å². The highest BCUT2D eigenvalue weighted by atomic mass is 19.1. The second kappa shape index (κ2) is 3.57. The first-order valence-electron chi connectivity index (χ1n) is 4.13. The summed E-state index contributed by atoms with van der Waals surface area (Å²) in [5.74, 6) is -0.177. The molecule has 0 heterocycles. The van der Waals surface area contributed by atoms with Crippen molar-refractivity contribution in [3.63, 3.8) is 0 Å². The molecule has 1 N–H and O–H groups in total. The molecule has 66 valence electrons. The number of anilines is 1. The average Bonchev–Trinajstić information content (AvgIpc) is 1.97. The molecule has 0 aromatic heterocycles. The molecule has 12 heavy (non-hydrogen) atoms. The van der Waals surface area contributed by atoms with Crippen LogP contribution in [-0.4, -0.2) is 6.04 Å². The minimum atomic E-state index is -0.177. The van der Waals surface area contributed by atoms with Gasteiger partial charge < -0.3 is 5.32 Å². The molecule has 1 nitrogen and oxygen atoms in total. The Bertz CT molecular complexity index is 248. The van der Waals surface area contributed by atoms with E-state index in [1.54, 1.807) is 6.07 Å². The number of benzene rings is 1. The predicted octanol–water partition coefficient (Wildman–Crippen LogP) is 2.95. The molecule has 0 spiro atoms. The largest absolute Gasteiger partial charge is 0.380 e. The van der Waals surface area contributed by atoms with Gasteiger partial charge in [0.25, 0.3) is 0 Å². The van der Waals surface area contributed by atoms with Crippen molar-refractivity contribution in [2.75, 3.05) is 5.32 Å². The molecule has 1 aromatic carbocycles. The third kappa shape index (κ3) is 1.97. The van der Waals surface area contributed by atoms with Gasteiger partial charge >= 0.3 is 0 Å². The van der Waals surface area contributed by atoms with Crippen molar-refractivity contribution in [1.82, 2.24) is 0 Å². The SMILES string of the molecule is Cc1cccc(F)c1NC(C)C. The molecule has 0 atom stereocenters. The summed E-state index contributed by atoms with van der Waals surface area (Å²) in [6.07, 6.45) is 0. The Morgan fingerprint density at radius 1 is 1.33 bits per heavy atom. The Labute approximate surface area is 72.6 Å². The highest BCUT2D eigenvalue weighted by Crippen LogP contribution is 2.19. The second-order valence-corrected chi connectivity index (χ2v) is 3.23. The van der Waals surface area contributed by atoms with Gasteiger partial charge in [-0.1, -0.05) is 12.1 Å². The van der Waals surface area contributed by atoms with Gasteiger partial charge in [0, 0.05) is 6.04 Å². The molecule has 0 saturated heterocycles.